The molecule has 6 heteroatoms. The minimum Gasteiger partial charge on any atom is -0.381 e. The molecular weight excluding hydrogens is 360 g/mol. The van der Waals surface area contributed by atoms with E-state index in [-0.39, 0.29) is 0 Å². The van der Waals surface area contributed by atoms with Gasteiger partial charge in [0, 0.05) is 29.9 Å². The lowest BCUT2D eigenvalue weighted by atomic mass is 9.98. The number of ether oxygens (including phenoxy) is 1. The van der Waals surface area contributed by atoms with Gasteiger partial charge in [-0.05, 0) is 49.4 Å². The van der Waals surface area contributed by atoms with Crippen molar-refractivity contribution < 1.29 is 13.7 Å². The van der Waals surface area contributed by atoms with E-state index in [0.29, 0.717) is 31.0 Å². The SMILES string of the molecule is CCCCc1ccc(-c2ccc(S(=O)C3(C(N)=O)CCOCC3)cc2)nc1. The van der Waals surface area contributed by atoms with Crippen LogP contribution in [0.3, 0.4) is 0 Å². The molecule has 1 aromatic carbocycles. The number of nitrogens with zero attached hydrogens (tertiary/aromatic N) is 1. The average Bonchev–Trinajstić information content (AvgIpc) is 2.72. The van der Waals surface area contributed by atoms with Gasteiger partial charge < -0.3 is 10.5 Å². The number of aryl methyl sites for hydroxylation is 1. The normalized spacial score (nSPS) is 17.4. The molecule has 1 aliphatic heterocycles. The van der Waals surface area contributed by atoms with Crippen molar-refractivity contribution in [1.82, 2.24) is 4.98 Å². The van der Waals surface area contributed by atoms with Gasteiger partial charge in [-0.3, -0.25) is 14.0 Å². The summed E-state index contributed by atoms with van der Waals surface area (Å²) in [6.07, 6.45) is 6.06. The molecule has 0 aliphatic carbocycles. The number of unbranched alkanes of at least 4 members (excludes halogenated alkanes) is 1. The van der Waals surface area contributed by atoms with Crippen LogP contribution in [-0.2, 0) is 26.8 Å². The third-order valence-electron chi connectivity index (χ3n) is 5.11. The molecule has 1 saturated heterocycles. The predicted octanol–water partition coefficient (Wildman–Crippen LogP) is 3.23. The topological polar surface area (TPSA) is 82.3 Å². The Labute approximate surface area is 162 Å². The van der Waals surface area contributed by atoms with Gasteiger partial charge in [-0.15, -0.1) is 0 Å². The number of carbonyl (C=O) groups excluding carboxylic acids is 1. The highest BCUT2D eigenvalue weighted by Gasteiger charge is 2.45. The summed E-state index contributed by atoms with van der Waals surface area (Å²) >= 11 is 0. The first kappa shape index (κ1) is 19.7. The van der Waals surface area contributed by atoms with E-state index in [9.17, 15) is 9.00 Å². The smallest absolute Gasteiger partial charge is 0.236 e. The van der Waals surface area contributed by atoms with Gasteiger partial charge in [0.05, 0.1) is 16.5 Å². The molecule has 0 saturated carbocycles. The van der Waals surface area contributed by atoms with Crippen LogP contribution >= 0.6 is 0 Å². The summed E-state index contributed by atoms with van der Waals surface area (Å²) in [5.74, 6) is -0.516. The summed E-state index contributed by atoms with van der Waals surface area (Å²) in [6, 6.07) is 11.5. The standard InChI is InChI=1S/C21H26N2O3S/c1-2-3-4-16-5-10-19(23-15-16)17-6-8-18(9-7-17)27(25)21(20(22)24)11-13-26-14-12-21/h5-10,15H,2-4,11-14H2,1H3,(H2,22,24). The minimum atomic E-state index is -1.51. The van der Waals surface area contributed by atoms with E-state index in [1.807, 2.05) is 24.4 Å². The van der Waals surface area contributed by atoms with Crippen molar-refractivity contribution in [1.29, 1.82) is 0 Å². The van der Waals surface area contributed by atoms with Crippen molar-refractivity contribution >= 4 is 16.7 Å². The molecule has 1 aromatic heterocycles. The van der Waals surface area contributed by atoms with Crippen molar-refractivity contribution in [2.75, 3.05) is 13.2 Å². The molecule has 2 N–H and O–H groups in total. The fourth-order valence-corrected chi connectivity index (χ4v) is 4.88. The Bertz CT molecular complexity index is 797. The van der Waals surface area contributed by atoms with Crippen molar-refractivity contribution in [2.45, 2.75) is 48.7 Å². The van der Waals surface area contributed by atoms with Gasteiger partial charge >= 0.3 is 0 Å². The van der Waals surface area contributed by atoms with Gasteiger partial charge in [-0.2, -0.15) is 0 Å². The van der Waals surface area contributed by atoms with Gasteiger partial charge in [0.1, 0.15) is 4.75 Å². The molecule has 27 heavy (non-hydrogen) atoms. The third kappa shape index (κ3) is 4.28. The number of rotatable bonds is 7. The van der Waals surface area contributed by atoms with Crippen molar-refractivity contribution in [3.8, 4) is 11.3 Å². The second-order valence-electron chi connectivity index (χ2n) is 6.92. The van der Waals surface area contributed by atoms with E-state index in [0.717, 1.165) is 24.1 Å². The Morgan fingerprint density at radius 3 is 2.44 bits per heavy atom. The first-order chi connectivity index (χ1) is 13.1. The number of aromatic nitrogens is 1. The molecule has 1 unspecified atom stereocenters. The second-order valence-corrected chi connectivity index (χ2v) is 8.71. The van der Waals surface area contributed by atoms with Gasteiger partial charge in [-0.25, -0.2) is 0 Å². The van der Waals surface area contributed by atoms with Crippen molar-refractivity contribution in [3.63, 3.8) is 0 Å². The molecule has 0 spiro atoms. The molecule has 144 valence electrons. The number of nitrogens with two attached hydrogens (primary N) is 1. The van der Waals surface area contributed by atoms with E-state index in [1.54, 1.807) is 12.1 Å². The first-order valence-corrected chi connectivity index (χ1v) is 10.6. The molecule has 1 aliphatic rings. The van der Waals surface area contributed by atoms with E-state index >= 15 is 0 Å². The number of primary amides is 1. The van der Waals surface area contributed by atoms with E-state index in [2.05, 4.69) is 18.0 Å². The second kappa shape index (κ2) is 8.76. The Hall–Kier alpha value is -2.05. The van der Waals surface area contributed by atoms with Crippen LogP contribution in [-0.4, -0.2) is 33.1 Å². The molecule has 2 heterocycles. The molecule has 1 fully saturated rings. The van der Waals surface area contributed by atoms with Crippen LogP contribution in [0, 0.1) is 0 Å². The number of hydrogen-bond acceptors (Lipinski definition) is 4. The fraction of sp³-hybridized carbons (Fsp3) is 0.429. The molecule has 2 aromatic rings. The highest BCUT2D eigenvalue weighted by atomic mass is 32.2. The van der Waals surface area contributed by atoms with Crippen LogP contribution in [0.4, 0.5) is 0 Å². The monoisotopic (exact) mass is 386 g/mol. The lowest BCUT2D eigenvalue weighted by Gasteiger charge is -2.33. The Balaban J connectivity index is 1.78. The summed E-state index contributed by atoms with van der Waals surface area (Å²) in [6.45, 7) is 2.98. The summed E-state index contributed by atoms with van der Waals surface area (Å²) < 4.78 is 17.4. The van der Waals surface area contributed by atoms with Crippen LogP contribution in [0.25, 0.3) is 11.3 Å². The predicted molar refractivity (Wildman–Crippen MR) is 107 cm³/mol. The first-order valence-electron chi connectivity index (χ1n) is 9.42. The average molecular weight is 387 g/mol. The highest BCUT2D eigenvalue weighted by Crippen LogP contribution is 2.32. The maximum Gasteiger partial charge on any atom is 0.236 e. The Morgan fingerprint density at radius 2 is 1.89 bits per heavy atom. The maximum atomic E-state index is 13.1. The third-order valence-corrected chi connectivity index (χ3v) is 7.13. The number of carbonyl (C=O) groups is 1. The maximum absolute atomic E-state index is 13.1. The van der Waals surface area contributed by atoms with Crippen LogP contribution in [0.1, 0.15) is 38.2 Å². The summed E-state index contributed by atoms with van der Waals surface area (Å²) in [5.41, 5.74) is 8.68. The largest absolute Gasteiger partial charge is 0.381 e. The Kier molecular flexibility index (Phi) is 6.39. The molecule has 0 bridgehead atoms. The van der Waals surface area contributed by atoms with Crippen LogP contribution in [0.2, 0.25) is 0 Å². The summed E-state index contributed by atoms with van der Waals surface area (Å²) in [4.78, 5) is 17.2. The van der Waals surface area contributed by atoms with Crippen LogP contribution < -0.4 is 5.73 Å². The van der Waals surface area contributed by atoms with E-state index in [1.165, 1.54) is 12.0 Å². The number of hydrogen-bond donors (Lipinski definition) is 1. The number of pyridine rings is 1. The van der Waals surface area contributed by atoms with Crippen molar-refractivity contribution in [3.05, 3.63) is 48.2 Å². The van der Waals surface area contributed by atoms with E-state index in [4.69, 9.17) is 10.5 Å². The lowest BCUT2D eigenvalue weighted by molar-refractivity contribution is -0.122. The number of benzene rings is 1. The van der Waals surface area contributed by atoms with Crippen LogP contribution in [0.15, 0.2) is 47.5 Å². The quantitative estimate of drug-likeness (QED) is 0.792. The molecule has 1 amide bonds. The lowest BCUT2D eigenvalue weighted by Crippen LogP contribution is -2.51. The summed E-state index contributed by atoms with van der Waals surface area (Å²) in [7, 11) is -1.51. The Morgan fingerprint density at radius 1 is 1.19 bits per heavy atom. The molecule has 5 nitrogen and oxygen atoms in total. The molecule has 0 radical (unpaired) electrons. The van der Waals surface area contributed by atoms with Gasteiger partial charge in [0.2, 0.25) is 5.91 Å². The molecule has 3 rings (SSSR count). The zero-order valence-electron chi connectivity index (χ0n) is 15.6. The van der Waals surface area contributed by atoms with Gasteiger partial charge in [0.15, 0.2) is 0 Å². The minimum absolute atomic E-state index is 0.386. The van der Waals surface area contributed by atoms with E-state index < -0.39 is 21.5 Å². The van der Waals surface area contributed by atoms with Crippen LogP contribution in [0.5, 0.6) is 0 Å². The molecular formula is C21H26N2O3S. The summed E-state index contributed by atoms with van der Waals surface area (Å²) in [5, 5.41) is 0. The zero-order valence-corrected chi connectivity index (χ0v) is 16.5. The zero-order chi connectivity index (χ0) is 19.3. The van der Waals surface area contributed by atoms with Gasteiger partial charge in [0.25, 0.3) is 0 Å². The fourth-order valence-electron chi connectivity index (χ4n) is 3.32. The number of amides is 1. The van der Waals surface area contributed by atoms with Gasteiger partial charge in [-0.1, -0.05) is 31.5 Å². The molecule has 1 atom stereocenters. The van der Waals surface area contributed by atoms with Crippen molar-refractivity contribution in [2.24, 2.45) is 5.73 Å². The highest BCUT2D eigenvalue weighted by molar-refractivity contribution is 7.87.